The van der Waals surface area contributed by atoms with Gasteiger partial charge >= 0.3 is 0 Å². The van der Waals surface area contributed by atoms with E-state index in [2.05, 4.69) is 5.32 Å². The van der Waals surface area contributed by atoms with E-state index in [0.29, 0.717) is 42.0 Å². The summed E-state index contributed by atoms with van der Waals surface area (Å²) in [5.41, 5.74) is 1.45. The summed E-state index contributed by atoms with van der Waals surface area (Å²) in [7, 11) is 3.13. The molecule has 32 heavy (non-hydrogen) atoms. The summed E-state index contributed by atoms with van der Waals surface area (Å²) in [6.07, 6.45) is 1.25. The largest absolute Gasteiger partial charge is 0.497 e. The van der Waals surface area contributed by atoms with Crippen LogP contribution in [0.4, 0.5) is 5.69 Å². The molecular formula is C23H27N3O6. The number of nitrogens with zero attached hydrogens (tertiary/aromatic N) is 2. The van der Waals surface area contributed by atoms with Crippen LogP contribution in [0.1, 0.15) is 47.3 Å². The van der Waals surface area contributed by atoms with Crippen LogP contribution in [-0.4, -0.2) is 48.4 Å². The van der Waals surface area contributed by atoms with E-state index in [1.165, 1.54) is 23.1 Å². The maximum Gasteiger partial charge on any atom is 0.272 e. The molecule has 2 atom stereocenters. The normalized spacial score (nSPS) is 16.4. The molecule has 170 valence electrons. The van der Waals surface area contributed by atoms with Crippen LogP contribution < -0.4 is 14.8 Å². The number of aryl methyl sites for hydroxylation is 1. The first-order chi connectivity index (χ1) is 15.3. The molecule has 2 aromatic carbocycles. The van der Waals surface area contributed by atoms with E-state index in [1.807, 2.05) is 6.92 Å². The van der Waals surface area contributed by atoms with Gasteiger partial charge in [0.1, 0.15) is 17.5 Å². The highest BCUT2D eigenvalue weighted by Gasteiger charge is 2.35. The van der Waals surface area contributed by atoms with Gasteiger partial charge in [-0.25, -0.2) is 0 Å². The Balaban J connectivity index is 1.76. The van der Waals surface area contributed by atoms with Gasteiger partial charge in [-0.1, -0.05) is 0 Å². The van der Waals surface area contributed by atoms with Crippen LogP contribution >= 0.6 is 0 Å². The molecular weight excluding hydrogens is 414 g/mol. The Morgan fingerprint density at radius 2 is 1.94 bits per heavy atom. The first-order valence-corrected chi connectivity index (χ1v) is 10.3. The van der Waals surface area contributed by atoms with Crippen LogP contribution in [0.15, 0.2) is 36.4 Å². The van der Waals surface area contributed by atoms with Crippen LogP contribution in [0, 0.1) is 17.0 Å². The Kier molecular flexibility index (Phi) is 6.97. The average molecular weight is 441 g/mol. The lowest BCUT2D eigenvalue weighted by atomic mass is 10.1. The Bertz CT molecular complexity index is 1040. The second-order valence-electron chi connectivity index (χ2n) is 7.75. The molecule has 2 aromatic rings. The number of hydrogen-bond donors (Lipinski definition) is 1. The maximum absolute atomic E-state index is 13.1. The number of nitro groups is 1. The number of benzene rings is 2. The number of ether oxygens (including phenoxy) is 2. The molecule has 0 bridgehead atoms. The van der Waals surface area contributed by atoms with Crippen molar-refractivity contribution in [1.82, 2.24) is 10.2 Å². The number of carbonyl (C=O) groups is 2. The Morgan fingerprint density at radius 3 is 2.56 bits per heavy atom. The van der Waals surface area contributed by atoms with Crippen molar-refractivity contribution in [2.24, 2.45) is 0 Å². The molecule has 0 aromatic heterocycles. The van der Waals surface area contributed by atoms with E-state index in [1.54, 1.807) is 39.3 Å². The monoisotopic (exact) mass is 441 g/mol. The summed E-state index contributed by atoms with van der Waals surface area (Å²) < 4.78 is 10.7. The third kappa shape index (κ3) is 4.66. The van der Waals surface area contributed by atoms with E-state index in [4.69, 9.17) is 9.47 Å². The van der Waals surface area contributed by atoms with Gasteiger partial charge in [0.25, 0.3) is 11.6 Å². The van der Waals surface area contributed by atoms with Crippen LogP contribution in [0.3, 0.4) is 0 Å². The second kappa shape index (κ2) is 9.67. The lowest BCUT2D eigenvalue weighted by molar-refractivity contribution is -0.385. The van der Waals surface area contributed by atoms with Crippen molar-refractivity contribution < 1.29 is 24.0 Å². The van der Waals surface area contributed by atoms with Crippen LogP contribution in [-0.2, 0) is 4.79 Å². The summed E-state index contributed by atoms with van der Waals surface area (Å²) >= 11 is 0. The zero-order valence-electron chi connectivity index (χ0n) is 18.6. The molecule has 9 heteroatoms. The van der Waals surface area contributed by atoms with Gasteiger partial charge < -0.3 is 19.7 Å². The smallest absolute Gasteiger partial charge is 0.272 e. The molecule has 1 saturated heterocycles. The predicted octanol–water partition coefficient (Wildman–Crippen LogP) is 3.40. The van der Waals surface area contributed by atoms with E-state index < -0.39 is 11.0 Å². The molecule has 0 radical (unpaired) electrons. The number of hydrogen-bond acceptors (Lipinski definition) is 6. The first-order valence-electron chi connectivity index (χ1n) is 10.3. The fraction of sp³-hybridized carbons (Fsp3) is 0.391. The maximum atomic E-state index is 13.1. The molecule has 1 aliphatic heterocycles. The third-order valence-electron chi connectivity index (χ3n) is 5.72. The van der Waals surface area contributed by atoms with Gasteiger partial charge in [-0.3, -0.25) is 19.7 Å². The van der Waals surface area contributed by atoms with Gasteiger partial charge in [0, 0.05) is 29.3 Å². The van der Waals surface area contributed by atoms with Crippen molar-refractivity contribution in [1.29, 1.82) is 0 Å². The second-order valence-corrected chi connectivity index (χ2v) is 7.75. The first kappa shape index (κ1) is 23.1. The molecule has 1 aliphatic rings. The Hall–Kier alpha value is -3.62. The van der Waals surface area contributed by atoms with E-state index in [9.17, 15) is 19.7 Å². The van der Waals surface area contributed by atoms with E-state index in [-0.39, 0.29) is 23.5 Å². The molecule has 0 spiro atoms. The van der Waals surface area contributed by atoms with Gasteiger partial charge in [-0.05, 0) is 57.0 Å². The fourth-order valence-electron chi connectivity index (χ4n) is 4.01. The summed E-state index contributed by atoms with van der Waals surface area (Å²) in [5.74, 6) is 0.700. The van der Waals surface area contributed by atoms with E-state index in [0.717, 1.165) is 5.56 Å². The zero-order valence-corrected chi connectivity index (χ0v) is 18.6. The standard InChI is InChI=1S/C23H27N3O6/c1-14-12-16(7-9-19(14)26(29)30)23(28)25-11-5-6-20(25)22(27)24-15(2)18-13-17(31-3)8-10-21(18)32-4/h7-10,12-13,15,20H,5-6,11H2,1-4H3,(H,24,27). The van der Waals surface area contributed by atoms with Crippen molar-refractivity contribution in [3.8, 4) is 11.5 Å². The number of rotatable bonds is 7. The van der Waals surface area contributed by atoms with E-state index >= 15 is 0 Å². The highest BCUT2D eigenvalue weighted by Crippen LogP contribution is 2.30. The highest BCUT2D eigenvalue weighted by molar-refractivity contribution is 5.98. The lowest BCUT2D eigenvalue weighted by Crippen LogP contribution is -2.46. The molecule has 2 amide bonds. The summed E-state index contributed by atoms with van der Waals surface area (Å²) in [4.78, 5) is 38.2. The van der Waals surface area contributed by atoms with Crippen LogP contribution in [0.5, 0.6) is 11.5 Å². The number of carbonyl (C=O) groups excluding carboxylic acids is 2. The van der Waals surface area contributed by atoms with Gasteiger partial charge in [0.05, 0.1) is 25.2 Å². The summed E-state index contributed by atoms with van der Waals surface area (Å²) in [5, 5.41) is 14.0. The average Bonchev–Trinajstić information content (AvgIpc) is 3.27. The van der Waals surface area contributed by atoms with Gasteiger partial charge in [0.2, 0.25) is 5.91 Å². The van der Waals surface area contributed by atoms with Crippen molar-refractivity contribution >= 4 is 17.5 Å². The minimum atomic E-state index is -0.614. The van der Waals surface area contributed by atoms with Gasteiger partial charge in [-0.15, -0.1) is 0 Å². The SMILES string of the molecule is COc1ccc(OC)c(C(C)NC(=O)C2CCCN2C(=O)c2ccc([N+](=O)[O-])c(C)c2)c1. The predicted molar refractivity (Wildman–Crippen MR) is 118 cm³/mol. The summed E-state index contributed by atoms with van der Waals surface area (Å²) in [6, 6.07) is 8.64. The number of nitro benzene ring substituents is 1. The number of amides is 2. The molecule has 1 fully saturated rings. The van der Waals surface area contributed by atoms with Crippen molar-refractivity contribution in [2.45, 2.75) is 38.8 Å². The Labute approximate surface area is 186 Å². The molecule has 3 rings (SSSR count). The van der Waals surface area contributed by atoms with Crippen LogP contribution in [0.2, 0.25) is 0 Å². The van der Waals surface area contributed by atoms with Crippen molar-refractivity contribution in [3.05, 3.63) is 63.2 Å². The van der Waals surface area contributed by atoms with Crippen molar-refractivity contribution in [3.63, 3.8) is 0 Å². The molecule has 1 N–H and O–H groups in total. The third-order valence-corrected chi connectivity index (χ3v) is 5.72. The molecule has 0 saturated carbocycles. The quantitative estimate of drug-likeness (QED) is 0.521. The lowest BCUT2D eigenvalue weighted by Gasteiger charge is -2.26. The number of likely N-dealkylation sites (tertiary alicyclic amines) is 1. The highest BCUT2D eigenvalue weighted by atomic mass is 16.6. The zero-order chi connectivity index (χ0) is 23.4. The molecule has 2 unspecified atom stereocenters. The minimum absolute atomic E-state index is 0.0432. The fourth-order valence-corrected chi connectivity index (χ4v) is 4.01. The molecule has 0 aliphatic carbocycles. The number of methoxy groups -OCH3 is 2. The minimum Gasteiger partial charge on any atom is -0.497 e. The molecule has 9 nitrogen and oxygen atoms in total. The summed E-state index contributed by atoms with van der Waals surface area (Å²) in [6.45, 7) is 3.88. The van der Waals surface area contributed by atoms with Crippen molar-refractivity contribution in [2.75, 3.05) is 20.8 Å². The van der Waals surface area contributed by atoms with Gasteiger partial charge in [0.15, 0.2) is 0 Å². The topological polar surface area (TPSA) is 111 Å². The van der Waals surface area contributed by atoms with Gasteiger partial charge in [-0.2, -0.15) is 0 Å². The Morgan fingerprint density at radius 1 is 1.19 bits per heavy atom. The number of nitrogens with one attached hydrogen (secondary N) is 1. The van der Waals surface area contributed by atoms with Crippen LogP contribution in [0.25, 0.3) is 0 Å². The molecule has 1 heterocycles.